The summed E-state index contributed by atoms with van der Waals surface area (Å²) in [7, 11) is 0. The third kappa shape index (κ3) is 3.22. The highest BCUT2D eigenvalue weighted by molar-refractivity contribution is 6.28. The Kier molecular flexibility index (Phi) is 4.64. The lowest BCUT2D eigenvalue weighted by Crippen LogP contribution is -1.95. The smallest absolute Gasteiger partial charge is 0.0541 e. The predicted octanol–water partition coefficient (Wildman–Crippen LogP) is 10.4. The summed E-state index contributed by atoms with van der Waals surface area (Å²) in [5.74, 6) is 0. The molecule has 0 aliphatic heterocycles. The molecule has 0 N–H and O–H groups in total. The van der Waals surface area contributed by atoms with Crippen LogP contribution in [0.25, 0.3) is 82.1 Å². The summed E-state index contributed by atoms with van der Waals surface area (Å²) in [6.07, 6.45) is 3.77. The lowest BCUT2D eigenvalue weighted by Gasteiger charge is -2.18. The first kappa shape index (κ1) is 22.4. The minimum atomic E-state index is 1.16. The normalized spacial score (nSPS) is 11.9. The van der Waals surface area contributed by atoms with Crippen LogP contribution >= 0.6 is 0 Å². The van der Waals surface area contributed by atoms with Gasteiger partial charge in [-0.3, -0.25) is 4.98 Å². The zero-order valence-electron chi connectivity index (χ0n) is 22.3. The van der Waals surface area contributed by atoms with E-state index in [0.29, 0.717) is 0 Å². The van der Waals surface area contributed by atoms with Gasteiger partial charge in [-0.1, -0.05) is 91.0 Å². The molecule has 2 heterocycles. The van der Waals surface area contributed by atoms with Crippen LogP contribution in [0, 0.1) is 0 Å². The van der Waals surface area contributed by atoms with Crippen LogP contribution in [0.3, 0.4) is 0 Å². The van der Waals surface area contributed by atoms with Crippen LogP contribution in [0.1, 0.15) is 0 Å². The Bertz CT molecular complexity index is 2350. The molecule has 0 bridgehead atoms. The second kappa shape index (κ2) is 8.51. The Morgan fingerprint density at radius 3 is 1.71 bits per heavy atom. The summed E-state index contributed by atoms with van der Waals surface area (Å²) in [6.45, 7) is 0. The highest BCUT2D eigenvalue weighted by atomic mass is 15.0. The maximum absolute atomic E-state index is 4.30. The van der Waals surface area contributed by atoms with Crippen molar-refractivity contribution in [3.05, 3.63) is 146 Å². The van der Waals surface area contributed by atoms with Crippen molar-refractivity contribution < 1.29 is 0 Å². The van der Waals surface area contributed by atoms with E-state index in [1.165, 1.54) is 76.4 Å². The predicted molar refractivity (Wildman–Crippen MR) is 173 cm³/mol. The fourth-order valence-electron chi connectivity index (χ4n) is 6.85. The molecule has 0 aliphatic rings. The Morgan fingerprint density at radius 2 is 1.02 bits per heavy atom. The van der Waals surface area contributed by atoms with E-state index in [4.69, 9.17) is 0 Å². The van der Waals surface area contributed by atoms with Gasteiger partial charge in [0.15, 0.2) is 0 Å². The van der Waals surface area contributed by atoms with E-state index in [0.717, 1.165) is 5.69 Å². The van der Waals surface area contributed by atoms with Crippen LogP contribution in [0.2, 0.25) is 0 Å². The van der Waals surface area contributed by atoms with E-state index in [1.54, 1.807) is 0 Å². The zero-order chi connectivity index (χ0) is 26.9. The molecule has 0 aliphatic carbocycles. The van der Waals surface area contributed by atoms with E-state index >= 15 is 0 Å². The average molecular weight is 521 g/mol. The quantitative estimate of drug-likeness (QED) is 0.212. The fraction of sp³-hybridized carbons (Fsp3) is 0. The molecule has 2 heteroatoms. The summed E-state index contributed by atoms with van der Waals surface area (Å²) in [4.78, 5) is 4.30. The highest BCUT2D eigenvalue weighted by Crippen LogP contribution is 2.44. The van der Waals surface area contributed by atoms with Crippen molar-refractivity contribution in [2.24, 2.45) is 0 Å². The minimum absolute atomic E-state index is 1.16. The van der Waals surface area contributed by atoms with Gasteiger partial charge in [-0.05, 0) is 97.0 Å². The number of rotatable bonds is 3. The fourth-order valence-corrected chi connectivity index (χ4v) is 6.85. The number of nitrogens with zero attached hydrogens (tertiary/aromatic N) is 2. The zero-order valence-corrected chi connectivity index (χ0v) is 22.3. The van der Waals surface area contributed by atoms with Crippen LogP contribution < -0.4 is 0 Å². The summed E-state index contributed by atoms with van der Waals surface area (Å²) >= 11 is 0. The Labute approximate surface area is 237 Å². The molecule has 2 aromatic heterocycles. The van der Waals surface area contributed by atoms with Crippen LogP contribution in [0.5, 0.6) is 0 Å². The van der Waals surface area contributed by atoms with Crippen LogP contribution in [0.15, 0.2) is 146 Å². The minimum Gasteiger partial charge on any atom is -0.309 e. The monoisotopic (exact) mass is 520 g/mol. The van der Waals surface area contributed by atoms with E-state index < -0.39 is 0 Å². The molecule has 0 radical (unpaired) electrons. The third-order valence-electron chi connectivity index (χ3n) is 8.63. The van der Waals surface area contributed by atoms with E-state index in [-0.39, 0.29) is 0 Å². The summed E-state index contributed by atoms with van der Waals surface area (Å²) in [5.41, 5.74) is 8.46. The van der Waals surface area contributed by atoms with E-state index in [9.17, 15) is 0 Å². The van der Waals surface area contributed by atoms with Crippen LogP contribution in [-0.4, -0.2) is 9.55 Å². The molecular weight excluding hydrogens is 496 g/mol. The molecule has 0 saturated carbocycles. The summed E-state index contributed by atoms with van der Waals surface area (Å²) < 4.78 is 2.40. The van der Waals surface area contributed by atoms with Crippen LogP contribution in [0.4, 0.5) is 0 Å². The van der Waals surface area contributed by atoms with Gasteiger partial charge in [0, 0.05) is 28.9 Å². The van der Waals surface area contributed by atoms with Gasteiger partial charge in [-0.25, -0.2) is 0 Å². The lowest BCUT2D eigenvalue weighted by molar-refractivity contribution is 1.18. The number of para-hydroxylation sites is 2. The molecule has 7 aromatic carbocycles. The van der Waals surface area contributed by atoms with Crippen molar-refractivity contribution in [3.8, 4) is 27.9 Å². The number of hydrogen-bond donors (Lipinski definition) is 0. The second-order valence-electron chi connectivity index (χ2n) is 10.8. The molecule has 0 fully saturated rings. The Balaban J connectivity index is 1.38. The maximum atomic E-state index is 4.30. The van der Waals surface area contributed by atoms with Crippen molar-refractivity contribution >= 4 is 54.1 Å². The van der Waals surface area contributed by atoms with Crippen molar-refractivity contribution in [1.29, 1.82) is 0 Å². The Morgan fingerprint density at radius 1 is 0.415 bits per heavy atom. The van der Waals surface area contributed by atoms with Gasteiger partial charge in [-0.15, -0.1) is 0 Å². The molecule has 0 atom stereocenters. The first-order chi connectivity index (χ1) is 20.3. The van der Waals surface area contributed by atoms with E-state index in [2.05, 4.69) is 143 Å². The van der Waals surface area contributed by atoms with Crippen molar-refractivity contribution in [2.45, 2.75) is 0 Å². The molecule has 2 nitrogen and oxygen atoms in total. The number of fused-ring (bicyclic) bond motifs is 3. The Hall–Kier alpha value is -5.47. The number of benzene rings is 7. The van der Waals surface area contributed by atoms with Gasteiger partial charge in [-0.2, -0.15) is 0 Å². The van der Waals surface area contributed by atoms with Gasteiger partial charge in [0.1, 0.15) is 0 Å². The van der Waals surface area contributed by atoms with Gasteiger partial charge in [0.2, 0.25) is 0 Å². The SMILES string of the molecule is c1cc(-c2cc(-c3ccncc3)c3ccc4cccc5ccc2c3c45)cc(-n2c3ccccc3c3ccccc32)c1. The summed E-state index contributed by atoms with van der Waals surface area (Å²) in [5, 5.41) is 10.3. The molecule has 9 aromatic rings. The molecule has 0 amide bonds. The number of hydrogen-bond acceptors (Lipinski definition) is 1. The van der Waals surface area contributed by atoms with Gasteiger partial charge < -0.3 is 4.57 Å². The molecule has 0 unspecified atom stereocenters. The molecular formula is C39H24N2. The molecule has 0 saturated heterocycles. The topological polar surface area (TPSA) is 17.8 Å². The largest absolute Gasteiger partial charge is 0.309 e. The molecule has 190 valence electrons. The van der Waals surface area contributed by atoms with Crippen molar-refractivity contribution in [1.82, 2.24) is 9.55 Å². The highest BCUT2D eigenvalue weighted by Gasteiger charge is 2.18. The molecule has 41 heavy (non-hydrogen) atoms. The number of aromatic nitrogens is 2. The summed E-state index contributed by atoms with van der Waals surface area (Å²) in [6, 6.07) is 48.8. The average Bonchev–Trinajstić information content (AvgIpc) is 3.38. The van der Waals surface area contributed by atoms with E-state index in [1.807, 2.05) is 12.4 Å². The second-order valence-corrected chi connectivity index (χ2v) is 10.8. The van der Waals surface area contributed by atoms with Gasteiger partial charge >= 0.3 is 0 Å². The number of pyridine rings is 1. The maximum Gasteiger partial charge on any atom is 0.0541 e. The van der Waals surface area contributed by atoms with Crippen molar-refractivity contribution in [2.75, 3.05) is 0 Å². The first-order valence-electron chi connectivity index (χ1n) is 14.1. The lowest BCUT2D eigenvalue weighted by atomic mass is 9.86. The third-order valence-corrected chi connectivity index (χ3v) is 8.63. The van der Waals surface area contributed by atoms with Crippen molar-refractivity contribution in [3.63, 3.8) is 0 Å². The van der Waals surface area contributed by atoms with Crippen LogP contribution in [-0.2, 0) is 0 Å². The first-order valence-corrected chi connectivity index (χ1v) is 14.1. The van der Waals surface area contributed by atoms with Gasteiger partial charge in [0.25, 0.3) is 0 Å². The molecule has 0 spiro atoms. The van der Waals surface area contributed by atoms with Gasteiger partial charge in [0.05, 0.1) is 11.0 Å². The standard InChI is InChI=1S/C39H24N2/c1-3-13-36-30(11-1)31-12-2-4-14-37(31)41(36)29-10-6-9-28(23-29)35-24-34(25-19-21-40-22-20-25)32-17-15-26-7-5-8-27-16-18-33(35)39(32)38(26)27/h1-24H. The molecule has 9 rings (SSSR count).